The fraction of sp³-hybridized carbons (Fsp3) is 0.0526. The molecule has 0 aliphatic carbocycles. The monoisotopic (exact) mass is 259 g/mol. The predicted octanol–water partition coefficient (Wildman–Crippen LogP) is 4.73. The first-order valence-electron chi connectivity index (χ1n) is 6.66. The molecule has 0 fully saturated rings. The van der Waals surface area contributed by atoms with Gasteiger partial charge >= 0.3 is 0 Å². The quantitative estimate of drug-likeness (QED) is 0.658. The zero-order valence-corrected chi connectivity index (χ0v) is 11.1. The molecule has 0 bridgehead atoms. The van der Waals surface area contributed by atoms with Crippen LogP contribution in [0.1, 0.15) is 5.56 Å². The minimum Gasteiger partial charge on any atom is -0.488 e. The van der Waals surface area contributed by atoms with Gasteiger partial charge < -0.3 is 4.74 Å². The summed E-state index contributed by atoms with van der Waals surface area (Å²) in [6.45, 7) is 0.547. The molecule has 1 heteroatoms. The van der Waals surface area contributed by atoms with Gasteiger partial charge in [-0.2, -0.15) is 0 Å². The van der Waals surface area contributed by atoms with Crippen LogP contribution in [0.4, 0.5) is 0 Å². The van der Waals surface area contributed by atoms with Gasteiger partial charge in [-0.25, -0.2) is 0 Å². The van der Waals surface area contributed by atoms with Gasteiger partial charge in [0, 0.05) is 6.07 Å². The molecule has 0 aliphatic heterocycles. The van der Waals surface area contributed by atoms with Gasteiger partial charge in [0.15, 0.2) is 0 Å². The van der Waals surface area contributed by atoms with Gasteiger partial charge in [-0.15, -0.1) is 0 Å². The molecule has 0 saturated heterocycles. The first-order valence-corrected chi connectivity index (χ1v) is 6.66. The summed E-state index contributed by atoms with van der Waals surface area (Å²) in [6, 6.07) is 29.4. The first-order chi connectivity index (χ1) is 9.93. The lowest BCUT2D eigenvalue weighted by atomic mass is 10.0. The molecule has 0 aromatic heterocycles. The second-order valence-electron chi connectivity index (χ2n) is 4.54. The van der Waals surface area contributed by atoms with Crippen molar-refractivity contribution >= 4 is 0 Å². The van der Waals surface area contributed by atoms with Gasteiger partial charge in [0.1, 0.15) is 12.4 Å². The first kappa shape index (κ1) is 12.5. The highest BCUT2D eigenvalue weighted by Gasteiger charge is 2.04. The van der Waals surface area contributed by atoms with Gasteiger partial charge in [0.2, 0.25) is 0 Å². The molecule has 3 rings (SSSR count). The van der Waals surface area contributed by atoms with Crippen LogP contribution in [-0.4, -0.2) is 0 Å². The summed E-state index contributed by atoms with van der Waals surface area (Å²) in [5.74, 6) is 0.773. The van der Waals surface area contributed by atoms with Crippen molar-refractivity contribution in [3.63, 3.8) is 0 Å². The van der Waals surface area contributed by atoms with E-state index in [1.165, 1.54) is 16.7 Å². The number of hydrogen-bond donors (Lipinski definition) is 0. The molecule has 0 saturated carbocycles. The molecule has 0 heterocycles. The van der Waals surface area contributed by atoms with Crippen molar-refractivity contribution in [2.24, 2.45) is 0 Å². The molecule has 20 heavy (non-hydrogen) atoms. The maximum absolute atomic E-state index is 5.80. The van der Waals surface area contributed by atoms with E-state index >= 15 is 0 Å². The van der Waals surface area contributed by atoms with Crippen molar-refractivity contribution in [1.29, 1.82) is 0 Å². The summed E-state index contributed by atoms with van der Waals surface area (Å²) in [6.07, 6.45) is 0. The molecular formula is C19H15O. The lowest BCUT2D eigenvalue weighted by molar-refractivity contribution is 0.306. The Morgan fingerprint density at radius 1 is 0.750 bits per heavy atom. The molecule has 1 radical (unpaired) electrons. The number of para-hydroxylation sites is 1. The minimum absolute atomic E-state index is 0.547. The van der Waals surface area contributed by atoms with Crippen LogP contribution in [0.3, 0.4) is 0 Å². The van der Waals surface area contributed by atoms with Crippen LogP contribution < -0.4 is 4.74 Å². The van der Waals surface area contributed by atoms with Crippen molar-refractivity contribution in [3.05, 3.63) is 90.5 Å². The Labute approximate surface area is 119 Å². The molecule has 0 aliphatic rings. The van der Waals surface area contributed by atoms with Crippen molar-refractivity contribution in [2.75, 3.05) is 0 Å². The van der Waals surface area contributed by atoms with E-state index in [1.807, 2.05) is 36.4 Å². The summed E-state index contributed by atoms with van der Waals surface area (Å²) in [5, 5.41) is 0. The summed E-state index contributed by atoms with van der Waals surface area (Å²) in [4.78, 5) is 0. The molecule has 0 amide bonds. The van der Waals surface area contributed by atoms with E-state index in [0.717, 1.165) is 5.75 Å². The van der Waals surface area contributed by atoms with Gasteiger partial charge in [0.25, 0.3) is 0 Å². The fourth-order valence-electron chi connectivity index (χ4n) is 2.17. The predicted molar refractivity (Wildman–Crippen MR) is 81.5 cm³/mol. The lowest BCUT2D eigenvalue weighted by Gasteiger charge is -2.11. The van der Waals surface area contributed by atoms with E-state index in [0.29, 0.717) is 6.61 Å². The molecule has 0 spiro atoms. The Morgan fingerprint density at radius 2 is 1.50 bits per heavy atom. The molecule has 97 valence electrons. The number of benzene rings is 3. The Hall–Kier alpha value is -2.54. The van der Waals surface area contributed by atoms with Gasteiger partial charge in [-0.05, 0) is 22.8 Å². The Morgan fingerprint density at radius 3 is 2.30 bits per heavy atom. The fourth-order valence-corrected chi connectivity index (χ4v) is 2.17. The lowest BCUT2D eigenvalue weighted by Crippen LogP contribution is -1.97. The Balaban J connectivity index is 1.84. The minimum atomic E-state index is 0.547. The molecule has 3 aromatic rings. The van der Waals surface area contributed by atoms with Crippen LogP contribution in [-0.2, 0) is 6.61 Å². The third-order valence-electron chi connectivity index (χ3n) is 3.17. The van der Waals surface area contributed by atoms with Crippen LogP contribution in [0, 0.1) is 6.07 Å². The van der Waals surface area contributed by atoms with Crippen LogP contribution in [0.25, 0.3) is 11.1 Å². The standard InChI is InChI=1S/C19H15O/c1-3-9-16(10-4-1)19-14-8-7-11-17(19)15-20-18-12-5-2-6-13-18/h1-12,14H,15H2. The zero-order chi connectivity index (χ0) is 13.6. The largest absolute Gasteiger partial charge is 0.488 e. The van der Waals surface area contributed by atoms with Crippen LogP contribution in [0.5, 0.6) is 5.75 Å². The maximum atomic E-state index is 5.80. The molecule has 0 N–H and O–H groups in total. The van der Waals surface area contributed by atoms with E-state index < -0.39 is 0 Å². The van der Waals surface area contributed by atoms with Gasteiger partial charge in [-0.1, -0.05) is 72.8 Å². The molecule has 3 aromatic carbocycles. The molecule has 0 unspecified atom stereocenters. The average Bonchev–Trinajstić information content (AvgIpc) is 2.55. The highest BCUT2D eigenvalue weighted by molar-refractivity contribution is 5.67. The van der Waals surface area contributed by atoms with Crippen molar-refractivity contribution in [2.45, 2.75) is 6.61 Å². The van der Waals surface area contributed by atoms with Crippen LogP contribution in [0.2, 0.25) is 0 Å². The SMILES string of the molecule is [c]1ccccc1OCc1ccccc1-c1ccccc1. The van der Waals surface area contributed by atoms with Gasteiger partial charge in [-0.3, -0.25) is 0 Å². The number of hydrogen-bond acceptors (Lipinski definition) is 1. The van der Waals surface area contributed by atoms with Crippen molar-refractivity contribution in [3.8, 4) is 16.9 Å². The Bertz CT molecular complexity index is 660. The second-order valence-corrected chi connectivity index (χ2v) is 4.54. The maximum Gasteiger partial charge on any atom is 0.127 e. The molecule has 0 atom stereocenters. The third kappa shape index (κ3) is 2.89. The highest BCUT2D eigenvalue weighted by atomic mass is 16.5. The van der Waals surface area contributed by atoms with E-state index in [9.17, 15) is 0 Å². The summed E-state index contributed by atoms with van der Waals surface area (Å²) < 4.78 is 5.80. The van der Waals surface area contributed by atoms with E-state index in [1.54, 1.807) is 0 Å². The van der Waals surface area contributed by atoms with Crippen molar-refractivity contribution in [1.82, 2.24) is 0 Å². The summed E-state index contributed by atoms with van der Waals surface area (Å²) >= 11 is 0. The van der Waals surface area contributed by atoms with Crippen molar-refractivity contribution < 1.29 is 4.74 Å². The van der Waals surface area contributed by atoms with E-state index in [2.05, 4.69) is 48.5 Å². The van der Waals surface area contributed by atoms with Crippen LogP contribution >= 0.6 is 0 Å². The third-order valence-corrected chi connectivity index (χ3v) is 3.17. The normalized spacial score (nSPS) is 10.2. The zero-order valence-electron chi connectivity index (χ0n) is 11.1. The Kier molecular flexibility index (Phi) is 3.79. The smallest absolute Gasteiger partial charge is 0.127 e. The van der Waals surface area contributed by atoms with E-state index in [-0.39, 0.29) is 0 Å². The number of rotatable bonds is 4. The van der Waals surface area contributed by atoms with Gasteiger partial charge in [0.05, 0.1) is 0 Å². The van der Waals surface area contributed by atoms with E-state index in [4.69, 9.17) is 4.74 Å². The van der Waals surface area contributed by atoms with Crippen LogP contribution in [0.15, 0.2) is 78.9 Å². The molecule has 1 nitrogen and oxygen atoms in total. The topological polar surface area (TPSA) is 9.23 Å². The summed E-state index contributed by atoms with van der Waals surface area (Å²) in [7, 11) is 0. The molecular weight excluding hydrogens is 244 g/mol. The number of ether oxygens (including phenoxy) is 1. The highest BCUT2D eigenvalue weighted by Crippen LogP contribution is 2.24. The second kappa shape index (κ2) is 6.07. The summed E-state index contributed by atoms with van der Waals surface area (Å²) in [5.41, 5.74) is 3.60. The average molecular weight is 259 g/mol.